The summed E-state index contributed by atoms with van der Waals surface area (Å²) < 4.78 is 0. The van der Waals surface area contributed by atoms with Gasteiger partial charge in [0.2, 0.25) is 0 Å². The number of amides is 1. The van der Waals surface area contributed by atoms with Crippen molar-refractivity contribution in [3.8, 4) is 0 Å². The Morgan fingerprint density at radius 2 is 2.36 bits per heavy atom. The highest BCUT2D eigenvalue weighted by atomic mass is 35.5. The summed E-state index contributed by atoms with van der Waals surface area (Å²) in [5.41, 5.74) is 0.537. The summed E-state index contributed by atoms with van der Waals surface area (Å²) in [4.78, 5) is 15.4. The van der Waals surface area contributed by atoms with E-state index in [4.69, 9.17) is 11.6 Å². The van der Waals surface area contributed by atoms with Crippen LogP contribution in [0.25, 0.3) is 0 Å². The van der Waals surface area contributed by atoms with Crippen molar-refractivity contribution in [1.82, 2.24) is 10.3 Å². The molecule has 0 aliphatic heterocycles. The zero-order valence-corrected chi connectivity index (χ0v) is 9.01. The minimum atomic E-state index is -0.108. The van der Waals surface area contributed by atoms with E-state index in [2.05, 4.69) is 10.3 Å². The lowest BCUT2D eigenvalue weighted by molar-refractivity contribution is 0.0939. The van der Waals surface area contributed by atoms with Crippen LogP contribution in [-0.2, 0) is 0 Å². The molecule has 0 radical (unpaired) electrons. The zero-order chi connectivity index (χ0) is 10.6. The van der Waals surface area contributed by atoms with Crippen LogP contribution >= 0.6 is 11.6 Å². The maximum atomic E-state index is 11.5. The summed E-state index contributed by atoms with van der Waals surface area (Å²) in [5, 5.41) is 3.24. The average Bonchev–Trinajstić information content (AvgIpc) is 2.18. The van der Waals surface area contributed by atoms with Crippen molar-refractivity contribution in [2.75, 3.05) is 0 Å². The van der Waals surface area contributed by atoms with E-state index in [9.17, 15) is 4.79 Å². The molecule has 4 heteroatoms. The predicted octanol–water partition coefficient (Wildman–Crippen LogP) is 2.26. The number of nitrogens with one attached hydrogen (secondary N) is 1. The lowest BCUT2D eigenvalue weighted by atomic mass is 10.2. The molecule has 0 fully saturated rings. The molecule has 1 atom stereocenters. The molecule has 0 saturated heterocycles. The van der Waals surface area contributed by atoms with E-state index >= 15 is 0 Å². The Morgan fingerprint density at radius 1 is 1.64 bits per heavy atom. The first-order valence-corrected chi connectivity index (χ1v) is 4.93. The molecular formula is C10H13ClN2O. The number of hydrogen-bond acceptors (Lipinski definition) is 2. The third-order valence-electron chi connectivity index (χ3n) is 1.98. The second-order valence-corrected chi connectivity index (χ2v) is 3.54. The Kier molecular flexibility index (Phi) is 3.89. The Morgan fingerprint density at radius 3 is 2.86 bits per heavy atom. The molecule has 1 heterocycles. The van der Waals surface area contributed by atoms with Crippen LogP contribution in [0, 0.1) is 0 Å². The fourth-order valence-corrected chi connectivity index (χ4v) is 1.03. The summed E-state index contributed by atoms with van der Waals surface area (Å²) >= 11 is 5.61. The Labute approximate surface area is 88.5 Å². The van der Waals surface area contributed by atoms with Gasteiger partial charge < -0.3 is 5.32 Å². The molecule has 1 rings (SSSR count). The number of rotatable bonds is 3. The highest BCUT2D eigenvalue weighted by Gasteiger charge is 2.07. The van der Waals surface area contributed by atoms with Gasteiger partial charge in [-0.3, -0.25) is 4.79 Å². The second kappa shape index (κ2) is 4.96. The standard InChI is InChI=1S/C10H13ClN2O/c1-3-7(2)13-10(14)8-4-5-9(11)12-6-8/h4-7H,3H2,1-2H3,(H,13,14)/t7-/m1/s1. The van der Waals surface area contributed by atoms with Crippen LogP contribution in [0.3, 0.4) is 0 Å². The average molecular weight is 213 g/mol. The van der Waals surface area contributed by atoms with Gasteiger partial charge in [0.05, 0.1) is 5.56 Å². The van der Waals surface area contributed by atoms with Crippen LogP contribution < -0.4 is 5.32 Å². The molecular weight excluding hydrogens is 200 g/mol. The van der Waals surface area contributed by atoms with Crippen molar-refractivity contribution in [3.05, 3.63) is 29.0 Å². The van der Waals surface area contributed by atoms with Crippen LogP contribution in [0.15, 0.2) is 18.3 Å². The van der Waals surface area contributed by atoms with Crippen LogP contribution in [0.5, 0.6) is 0 Å². The maximum Gasteiger partial charge on any atom is 0.253 e. The first-order valence-electron chi connectivity index (χ1n) is 4.56. The Balaban J connectivity index is 2.65. The Bertz CT molecular complexity index is 310. The molecule has 0 spiro atoms. The fourth-order valence-electron chi connectivity index (χ4n) is 0.919. The molecule has 0 unspecified atom stereocenters. The lowest BCUT2D eigenvalue weighted by Gasteiger charge is -2.10. The van der Waals surface area contributed by atoms with Gasteiger partial charge in [0, 0.05) is 12.2 Å². The number of pyridine rings is 1. The first-order chi connectivity index (χ1) is 6.63. The monoisotopic (exact) mass is 212 g/mol. The number of carbonyl (C=O) groups excluding carboxylic acids is 1. The molecule has 1 amide bonds. The number of hydrogen-bond donors (Lipinski definition) is 1. The van der Waals surface area contributed by atoms with Crippen LogP contribution in [0.2, 0.25) is 5.15 Å². The van der Waals surface area contributed by atoms with Crippen LogP contribution in [0.4, 0.5) is 0 Å². The second-order valence-electron chi connectivity index (χ2n) is 3.15. The predicted molar refractivity (Wildman–Crippen MR) is 56.5 cm³/mol. The number of nitrogens with zero attached hydrogens (tertiary/aromatic N) is 1. The summed E-state index contributed by atoms with van der Waals surface area (Å²) in [6.45, 7) is 3.98. The van der Waals surface area contributed by atoms with E-state index in [1.165, 1.54) is 6.20 Å². The first kappa shape index (κ1) is 11.0. The van der Waals surface area contributed by atoms with Gasteiger partial charge in [-0.25, -0.2) is 4.98 Å². The minimum Gasteiger partial charge on any atom is -0.350 e. The molecule has 14 heavy (non-hydrogen) atoms. The topological polar surface area (TPSA) is 42.0 Å². The number of aromatic nitrogens is 1. The summed E-state index contributed by atoms with van der Waals surface area (Å²) in [7, 11) is 0. The van der Waals surface area contributed by atoms with Gasteiger partial charge >= 0.3 is 0 Å². The van der Waals surface area contributed by atoms with Gasteiger partial charge in [-0.05, 0) is 25.5 Å². The molecule has 0 aromatic carbocycles. The highest BCUT2D eigenvalue weighted by Crippen LogP contribution is 2.05. The molecule has 0 saturated carbocycles. The molecule has 1 N–H and O–H groups in total. The van der Waals surface area contributed by atoms with Gasteiger partial charge in [0.15, 0.2) is 0 Å². The van der Waals surface area contributed by atoms with Gasteiger partial charge in [-0.15, -0.1) is 0 Å². The van der Waals surface area contributed by atoms with Crippen molar-refractivity contribution in [2.45, 2.75) is 26.3 Å². The molecule has 0 aliphatic carbocycles. The summed E-state index contributed by atoms with van der Waals surface area (Å²) in [5.74, 6) is -0.108. The molecule has 0 bridgehead atoms. The summed E-state index contributed by atoms with van der Waals surface area (Å²) in [6, 6.07) is 3.44. The van der Waals surface area contributed by atoms with Crippen molar-refractivity contribution in [3.63, 3.8) is 0 Å². The Hall–Kier alpha value is -1.09. The smallest absolute Gasteiger partial charge is 0.253 e. The van der Waals surface area contributed by atoms with Crippen molar-refractivity contribution in [2.24, 2.45) is 0 Å². The van der Waals surface area contributed by atoms with E-state index in [0.717, 1.165) is 6.42 Å². The highest BCUT2D eigenvalue weighted by molar-refractivity contribution is 6.29. The van der Waals surface area contributed by atoms with Crippen molar-refractivity contribution >= 4 is 17.5 Å². The number of carbonyl (C=O) groups is 1. The van der Waals surface area contributed by atoms with E-state index in [0.29, 0.717) is 10.7 Å². The number of halogens is 1. The van der Waals surface area contributed by atoms with Crippen LogP contribution in [0.1, 0.15) is 30.6 Å². The third-order valence-corrected chi connectivity index (χ3v) is 2.20. The normalized spacial score (nSPS) is 12.2. The minimum absolute atomic E-state index is 0.108. The quantitative estimate of drug-likeness (QED) is 0.781. The van der Waals surface area contributed by atoms with E-state index < -0.39 is 0 Å². The van der Waals surface area contributed by atoms with E-state index in [-0.39, 0.29) is 11.9 Å². The van der Waals surface area contributed by atoms with Crippen molar-refractivity contribution < 1.29 is 4.79 Å². The fraction of sp³-hybridized carbons (Fsp3) is 0.400. The maximum absolute atomic E-state index is 11.5. The van der Waals surface area contributed by atoms with Gasteiger partial charge in [-0.2, -0.15) is 0 Å². The largest absolute Gasteiger partial charge is 0.350 e. The van der Waals surface area contributed by atoms with Crippen LogP contribution in [-0.4, -0.2) is 16.9 Å². The van der Waals surface area contributed by atoms with Crippen molar-refractivity contribution in [1.29, 1.82) is 0 Å². The third kappa shape index (κ3) is 3.00. The SMILES string of the molecule is CC[C@@H](C)NC(=O)c1ccc(Cl)nc1. The van der Waals surface area contributed by atoms with E-state index in [1.807, 2.05) is 13.8 Å². The van der Waals surface area contributed by atoms with E-state index in [1.54, 1.807) is 12.1 Å². The van der Waals surface area contributed by atoms with Gasteiger partial charge in [0.1, 0.15) is 5.15 Å². The molecule has 76 valence electrons. The lowest BCUT2D eigenvalue weighted by Crippen LogP contribution is -2.31. The molecule has 1 aromatic rings. The molecule has 1 aromatic heterocycles. The molecule has 3 nitrogen and oxygen atoms in total. The zero-order valence-electron chi connectivity index (χ0n) is 8.25. The van der Waals surface area contributed by atoms with Gasteiger partial charge in [-0.1, -0.05) is 18.5 Å². The molecule has 0 aliphatic rings. The summed E-state index contributed by atoms with van der Waals surface area (Å²) in [6.07, 6.45) is 2.38. The van der Waals surface area contributed by atoms with Gasteiger partial charge in [0.25, 0.3) is 5.91 Å².